The number of aromatic nitrogens is 2. The monoisotopic (exact) mass is 357 g/mol. The third-order valence-corrected chi connectivity index (χ3v) is 4.06. The number of rotatable bonds is 9. The molecule has 0 radical (unpaired) electrons. The molecule has 0 aliphatic carbocycles. The normalized spacial score (nSPS) is 11.4. The Hall–Kier alpha value is -3.09. The summed E-state index contributed by atoms with van der Waals surface area (Å²) >= 11 is 0. The number of aliphatic carboxylic acids is 2. The van der Waals surface area contributed by atoms with Gasteiger partial charge in [-0.1, -0.05) is 18.2 Å². The van der Waals surface area contributed by atoms with Crippen molar-refractivity contribution in [3.05, 3.63) is 53.6 Å². The van der Waals surface area contributed by atoms with E-state index >= 15 is 0 Å². The second-order valence-electron chi connectivity index (χ2n) is 6.05. The minimum atomic E-state index is -1.31. The van der Waals surface area contributed by atoms with E-state index in [9.17, 15) is 14.7 Å². The molecule has 1 aromatic carbocycles. The van der Waals surface area contributed by atoms with E-state index in [0.717, 1.165) is 25.1 Å². The van der Waals surface area contributed by atoms with Crippen molar-refractivity contribution in [1.82, 2.24) is 9.55 Å². The molecule has 0 spiro atoms. The maximum absolute atomic E-state index is 11.3. The Labute approximate surface area is 152 Å². The third-order valence-electron chi connectivity index (χ3n) is 4.06. The van der Waals surface area contributed by atoms with Crippen molar-refractivity contribution < 1.29 is 19.8 Å². The number of carboxylic acids is 2. The SMILES string of the molecule is Cc1cccc(C)c1NCCCCn1ccnc1C(=CC(=O)O)C(=O)O. The number of carbonyl (C=O) groups is 2. The maximum atomic E-state index is 11.3. The number of unbranched alkanes of at least 4 members (excludes halogenated alkanes) is 1. The van der Waals surface area contributed by atoms with Gasteiger partial charge in [-0.15, -0.1) is 0 Å². The molecule has 2 rings (SSSR count). The van der Waals surface area contributed by atoms with Crippen molar-refractivity contribution >= 4 is 23.2 Å². The zero-order valence-electron chi connectivity index (χ0n) is 14.9. The summed E-state index contributed by atoms with van der Waals surface area (Å²) in [5, 5.41) is 21.5. The molecule has 0 saturated carbocycles. The van der Waals surface area contributed by atoms with Crippen LogP contribution in [-0.4, -0.2) is 38.2 Å². The van der Waals surface area contributed by atoms with Gasteiger partial charge >= 0.3 is 11.9 Å². The van der Waals surface area contributed by atoms with Crippen LogP contribution in [0.5, 0.6) is 0 Å². The highest BCUT2D eigenvalue weighted by Crippen LogP contribution is 2.19. The van der Waals surface area contributed by atoms with Crippen LogP contribution < -0.4 is 5.32 Å². The third kappa shape index (κ3) is 4.95. The Bertz CT molecular complexity index is 804. The number of nitrogens with zero attached hydrogens (tertiary/aromatic N) is 2. The molecule has 0 aliphatic heterocycles. The molecule has 0 fully saturated rings. The second kappa shape index (κ2) is 8.84. The molecule has 0 amide bonds. The van der Waals surface area contributed by atoms with Crippen LogP contribution in [0.4, 0.5) is 5.69 Å². The maximum Gasteiger partial charge on any atom is 0.339 e. The molecule has 0 aliphatic rings. The molecular weight excluding hydrogens is 334 g/mol. The minimum Gasteiger partial charge on any atom is -0.478 e. The van der Waals surface area contributed by atoms with Crippen LogP contribution in [0.15, 0.2) is 36.7 Å². The fourth-order valence-corrected chi connectivity index (χ4v) is 2.79. The standard InChI is InChI=1S/C19H23N3O4/c1-13-6-5-7-14(2)17(13)20-8-3-4-10-22-11-9-21-18(22)15(19(25)26)12-16(23)24/h5-7,9,11-12,20H,3-4,8,10H2,1-2H3,(H,23,24)(H,25,26). The van der Waals surface area contributed by atoms with Gasteiger partial charge in [-0.2, -0.15) is 0 Å². The summed E-state index contributed by atoms with van der Waals surface area (Å²) in [6.45, 7) is 5.49. The average molecular weight is 357 g/mol. The average Bonchev–Trinajstić information content (AvgIpc) is 3.02. The fraction of sp³-hybridized carbons (Fsp3) is 0.316. The molecule has 26 heavy (non-hydrogen) atoms. The molecule has 7 heteroatoms. The molecule has 0 bridgehead atoms. The van der Waals surface area contributed by atoms with E-state index in [2.05, 4.69) is 36.3 Å². The van der Waals surface area contributed by atoms with Gasteiger partial charge in [-0.25, -0.2) is 14.6 Å². The van der Waals surface area contributed by atoms with Crippen LogP contribution in [0, 0.1) is 13.8 Å². The summed E-state index contributed by atoms with van der Waals surface area (Å²) in [5.41, 5.74) is 3.23. The lowest BCUT2D eigenvalue weighted by atomic mass is 10.1. The summed E-state index contributed by atoms with van der Waals surface area (Å²) in [7, 11) is 0. The van der Waals surface area contributed by atoms with Gasteiger partial charge < -0.3 is 20.1 Å². The highest BCUT2D eigenvalue weighted by Gasteiger charge is 2.17. The van der Waals surface area contributed by atoms with Crippen LogP contribution in [0.25, 0.3) is 5.57 Å². The highest BCUT2D eigenvalue weighted by molar-refractivity contribution is 6.18. The Kier molecular flexibility index (Phi) is 6.54. The Morgan fingerprint density at radius 1 is 1.19 bits per heavy atom. The largest absolute Gasteiger partial charge is 0.478 e. The van der Waals surface area contributed by atoms with Gasteiger partial charge in [0.1, 0.15) is 11.4 Å². The number of nitrogens with one attached hydrogen (secondary N) is 1. The first kappa shape index (κ1) is 19.2. The van der Waals surface area contributed by atoms with E-state index in [1.165, 1.54) is 17.3 Å². The number of carboxylic acid groups (broad SMARTS) is 2. The lowest BCUT2D eigenvalue weighted by Crippen LogP contribution is -2.11. The molecule has 0 saturated heterocycles. The number of hydrogen-bond donors (Lipinski definition) is 3. The van der Waals surface area contributed by atoms with Crippen LogP contribution in [0.1, 0.15) is 29.8 Å². The molecule has 1 aromatic heterocycles. The molecule has 2 aromatic rings. The summed E-state index contributed by atoms with van der Waals surface area (Å²) in [6.07, 6.45) is 5.50. The number of imidazole rings is 1. The molecule has 0 unspecified atom stereocenters. The van der Waals surface area contributed by atoms with Gasteiger partial charge in [0.2, 0.25) is 0 Å². The summed E-state index contributed by atoms with van der Waals surface area (Å²) in [5.74, 6) is -2.46. The smallest absolute Gasteiger partial charge is 0.339 e. The van der Waals surface area contributed by atoms with Crippen molar-refractivity contribution in [3.63, 3.8) is 0 Å². The van der Waals surface area contributed by atoms with Crippen LogP contribution in [0.2, 0.25) is 0 Å². The predicted molar refractivity (Wildman–Crippen MR) is 99.1 cm³/mol. The second-order valence-corrected chi connectivity index (χ2v) is 6.05. The molecule has 1 heterocycles. The van der Waals surface area contributed by atoms with E-state index in [0.29, 0.717) is 12.6 Å². The van der Waals surface area contributed by atoms with E-state index < -0.39 is 11.9 Å². The first-order valence-corrected chi connectivity index (χ1v) is 8.39. The zero-order valence-corrected chi connectivity index (χ0v) is 14.9. The van der Waals surface area contributed by atoms with Gasteiger partial charge in [-0.05, 0) is 37.8 Å². The Balaban J connectivity index is 1.92. The van der Waals surface area contributed by atoms with Gasteiger partial charge in [-0.3, -0.25) is 0 Å². The lowest BCUT2D eigenvalue weighted by Gasteiger charge is -2.13. The summed E-state index contributed by atoms with van der Waals surface area (Å²) in [6, 6.07) is 6.16. The number of anilines is 1. The van der Waals surface area contributed by atoms with Crippen LogP contribution >= 0.6 is 0 Å². The number of para-hydroxylation sites is 1. The molecule has 7 nitrogen and oxygen atoms in total. The lowest BCUT2D eigenvalue weighted by molar-refractivity contribution is -0.133. The molecular formula is C19H23N3O4. The van der Waals surface area contributed by atoms with Gasteiger partial charge in [0, 0.05) is 37.2 Å². The number of aryl methyl sites for hydroxylation is 3. The summed E-state index contributed by atoms with van der Waals surface area (Å²) in [4.78, 5) is 26.1. The summed E-state index contributed by atoms with van der Waals surface area (Å²) < 4.78 is 1.67. The Morgan fingerprint density at radius 2 is 1.88 bits per heavy atom. The van der Waals surface area contributed by atoms with Crippen molar-refractivity contribution in [2.75, 3.05) is 11.9 Å². The van der Waals surface area contributed by atoms with Gasteiger partial charge in [0.15, 0.2) is 0 Å². The minimum absolute atomic E-state index is 0.155. The Morgan fingerprint density at radius 3 is 2.50 bits per heavy atom. The van der Waals surface area contributed by atoms with E-state index in [1.807, 2.05) is 6.07 Å². The molecule has 0 atom stereocenters. The van der Waals surface area contributed by atoms with Gasteiger partial charge in [0.05, 0.1) is 0 Å². The number of hydrogen-bond acceptors (Lipinski definition) is 4. The van der Waals surface area contributed by atoms with E-state index in [1.54, 1.807) is 10.8 Å². The van der Waals surface area contributed by atoms with Gasteiger partial charge in [0.25, 0.3) is 0 Å². The molecule has 3 N–H and O–H groups in total. The zero-order chi connectivity index (χ0) is 19.1. The van der Waals surface area contributed by atoms with Crippen LogP contribution in [0.3, 0.4) is 0 Å². The number of benzene rings is 1. The van der Waals surface area contributed by atoms with Crippen molar-refractivity contribution in [3.8, 4) is 0 Å². The van der Waals surface area contributed by atoms with Crippen molar-refractivity contribution in [2.45, 2.75) is 33.2 Å². The quantitative estimate of drug-likeness (QED) is 0.471. The molecule has 138 valence electrons. The highest BCUT2D eigenvalue weighted by atomic mass is 16.4. The van der Waals surface area contributed by atoms with Crippen LogP contribution in [-0.2, 0) is 16.1 Å². The first-order valence-electron chi connectivity index (χ1n) is 8.39. The van der Waals surface area contributed by atoms with Crippen molar-refractivity contribution in [2.24, 2.45) is 0 Å². The first-order chi connectivity index (χ1) is 12.4. The topological polar surface area (TPSA) is 104 Å². The fourth-order valence-electron chi connectivity index (χ4n) is 2.79. The van der Waals surface area contributed by atoms with E-state index in [4.69, 9.17) is 5.11 Å². The van der Waals surface area contributed by atoms with Crippen molar-refractivity contribution in [1.29, 1.82) is 0 Å². The predicted octanol–water partition coefficient (Wildman–Crippen LogP) is 2.94. The van der Waals surface area contributed by atoms with E-state index in [-0.39, 0.29) is 11.4 Å².